The Kier molecular flexibility index (Phi) is 5.64. The highest BCUT2D eigenvalue weighted by Crippen LogP contribution is 2.22. The first-order valence-electron chi connectivity index (χ1n) is 6.85. The predicted molar refractivity (Wildman–Crippen MR) is 79.9 cm³/mol. The number of nitrogens with zero attached hydrogens (tertiary/aromatic N) is 1. The van der Waals surface area contributed by atoms with Gasteiger partial charge in [-0.25, -0.2) is 4.79 Å². The molecule has 2 rings (SSSR count). The third kappa shape index (κ3) is 4.22. The van der Waals surface area contributed by atoms with Gasteiger partial charge in [0.05, 0.1) is 13.2 Å². The second-order valence-electron chi connectivity index (χ2n) is 4.89. The molecule has 114 valence electrons. The van der Waals surface area contributed by atoms with E-state index in [2.05, 4.69) is 4.74 Å². The predicted octanol–water partition coefficient (Wildman–Crippen LogP) is 1.30. The fourth-order valence-corrected chi connectivity index (χ4v) is 3.23. The number of β-amino-alcohol motifs (C(OH)–C–C–N with tert-alkyl or cyclic N) is 1. The van der Waals surface area contributed by atoms with Crippen molar-refractivity contribution in [3.8, 4) is 0 Å². The van der Waals surface area contributed by atoms with E-state index >= 15 is 0 Å². The quantitative estimate of drug-likeness (QED) is 0.656. The molecule has 0 radical (unpaired) electrons. The largest absolute Gasteiger partial charge is 0.467 e. The van der Waals surface area contributed by atoms with Crippen molar-refractivity contribution in [1.29, 1.82) is 0 Å². The zero-order valence-corrected chi connectivity index (χ0v) is 12.7. The van der Waals surface area contributed by atoms with Crippen LogP contribution < -0.4 is 0 Å². The van der Waals surface area contributed by atoms with E-state index in [-0.39, 0.29) is 18.9 Å². The number of aliphatic hydroxyl groups excluding tert-OH is 1. The second kappa shape index (κ2) is 7.47. The SMILES string of the molecule is COC(=O)C1CC(O)CN1C(=O)CCSc1ccccc1. The van der Waals surface area contributed by atoms with Gasteiger partial charge >= 0.3 is 5.97 Å². The normalized spacial score (nSPS) is 21.3. The van der Waals surface area contributed by atoms with Crippen LogP contribution in [0.5, 0.6) is 0 Å². The maximum Gasteiger partial charge on any atom is 0.328 e. The number of rotatable bonds is 5. The van der Waals surface area contributed by atoms with Crippen molar-refractivity contribution in [2.45, 2.75) is 29.9 Å². The van der Waals surface area contributed by atoms with E-state index < -0.39 is 18.1 Å². The molecule has 0 saturated carbocycles. The van der Waals surface area contributed by atoms with E-state index in [1.165, 1.54) is 12.0 Å². The first kappa shape index (κ1) is 15.9. The minimum atomic E-state index is -0.653. The molecule has 2 atom stereocenters. The topological polar surface area (TPSA) is 66.8 Å². The van der Waals surface area contributed by atoms with E-state index in [1.807, 2.05) is 30.3 Å². The second-order valence-corrected chi connectivity index (χ2v) is 6.05. The monoisotopic (exact) mass is 309 g/mol. The summed E-state index contributed by atoms with van der Waals surface area (Å²) in [6, 6.07) is 9.18. The van der Waals surface area contributed by atoms with E-state index in [1.54, 1.807) is 11.8 Å². The van der Waals surface area contributed by atoms with Crippen LogP contribution in [0.4, 0.5) is 0 Å². The van der Waals surface area contributed by atoms with Crippen LogP contribution in [0.2, 0.25) is 0 Å². The number of likely N-dealkylation sites (tertiary alicyclic amines) is 1. The number of esters is 1. The number of amides is 1. The minimum Gasteiger partial charge on any atom is -0.467 e. The summed E-state index contributed by atoms with van der Waals surface area (Å²) < 4.78 is 4.69. The number of carbonyl (C=O) groups is 2. The molecule has 1 N–H and O–H groups in total. The lowest BCUT2D eigenvalue weighted by molar-refractivity contribution is -0.150. The van der Waals surface area contributed by atoms with E-state index in [0.717, 1.165) is 4.90 Å². The van der Waals surface area contributed by atoms with Gasteiger partial charge in [-0.1, -0.05) is 18.2 Å². The summed E-state index contributed by atoms with van der Waals surface area (Å²) in [5.41, 5.74) is 0. The maximum absolute atomic E-state index is 12.2. The van der Waals surface area contributed by atoms with Crippen LogP contribution in [-0.4, -0.2) is 53.4 Å². The fourth-order valence-electron chi connectivity index (χ4n) is 2.37. The summed E-state index contributed by atoms with van der Waals surface area (Å²) >= 11 is 1.60. The lowest BCUT2D eigenvalue weighted by Gasteiger charge is -2.22. The van der Waals surface area contributed by atoms with E-state index in [0.29, 0.717) is 12.2 Å². The van der Waals surface area contributed by atoms with Gasteiger partial charge in [0.2, 0.25) is 5.91 Å². The van der Waals surface area contributed by atoms with Gasteiger partial charge < -0.3 is 14.7 Å². The van der Waals surface area contributed by atoms with E-state index in [4.69, 9.17) is 0 Å². The lowest BCUT2D eigenvalue weighted by atomic mass is 10.2. The Labute approximate surface area is 128 Å². The van der Waals surface area contributed by atoms with Crippen LogP contribution in [-0.2, 0) is 14.3 Å². The van der Waals surface area contributed by atoms with Crippen LogP contribution in [0.3, 0.4) is 0 Å². The Hall–Kier alpha value is -1.53. The summed E-state index contributed by atoms with van der Waals surface area (Å²) in [5, 5.41) is 9.66. The zero-order valence-electron chi connectivity index (χ0n) is 11.9. The molecule has 1 heterocycles. The number of carbonyl (C=O) groups excluding carboxylic acids is 2. The third-order valence-corrected chi connectivity index (χ3v) is 4.41. The number of methoxy groups -OCH3 is 1. The van der Waals surface area contributed by atoms with Crippen molar-refractivity contribution >= 4 is 23.6 Å². The third-order valence-electron chi connectivity index (χ3n) is 3.40. The summed E-state index contributed by atoms with van der Waals surface area (Å²) in [6.07, 6.45) is -0.0656. The molecule has 0 bridgehead atoms. The van der Waals surface area contributed by atoms with Crippen LogP contribution in [0.15, 0.2) is 35.2 Å². The van der Waals surface area contributed by atoms with Gasteiger partial charge in [-0.3, -0.25) is 4.79 Å². The van der Waals surface area contributed by atoms with Gasteiger partial charge in [0.25, 0.3) is 0 Å². The number of hydrogen-bond acceptors (Lipinski definition) is 5. The Morgan fingerprint density at radius 3 is 2.76 bits per heavy atom. The Morgan fingerprint density at radius 2 is 2.10 bits per heavy atom. The highest BCUT2D eigenvalue weighted by Gasteiger charge is 2.39. The van der Waals surface area contributed by atoms with Crippen LogP contribution in [0.1, 0.15) is 12.8 Å². The first-order chi connectivity index (χ1) is 10.1. The highest BCUT2D eigenvalue weighted by atomic mass is 32.2. The molecule has 0 aromatic heterocycles. The van der Waals surface area contributed by atoms with Crippen LogP contribution >= 0.6 is 11.8 Å². The Balaban J connectivity index is 1.85. The molecule has 1 aliphatic rings. The zero-order chi connectivity index (χ0) is 15.2. The molecule has 5 nitrogen and oxygen atoms in total. The van der Waals surface area contributed by atoms with Crippen molar-refractivity contribution in [2.24, 2.45) is 0 Å². The molecule has 6 heteroatoms. The summed E-state index contributed by atoms with van der Waals surface area (Å²) in [6.45, 7) is 0.203. The summed E-state index contributed by atoms with van der Waals surface area (Å²) in [5.74, 6) is 0.0598. The number of aliphatic hydroxyl groups is 1. The van der Waals surface area contributed by atoms with Gasteiger partial charge in [-0.2, -0.15) is 0 Å². The van der Waals surface area contributed by atoms with Crippen molar-refractivity contribution < 1.29 is 19.4 Å². The molecule has 2 unspecified atom stereocenters. The fraction of sp³-hybridized carbons (Fsp3) is 0.467. The molecule has 1 fully saturated rings. The molecule has 1 amide bonds. The smallest absolute Gasteiger partial charge is 0.328 e. The van der Waals surface area contributed by atoms with Crippen molar-refractivity contribution in [3.63, 3.8) is 0 Å². The summed E-state index contributed by atoms with van der Waals surface area (Å²) in [4.78, 5) is 26.4. The highest BCUT2D eigenvalue weighted by molar-refractivity contribution is 7.99. The van der Waals surface area contributed by atoms with Crippen molar-refractivity contribution in [1.82, 2.24) is 4.90 Å². The van der Waals surface area contributed by atoms with Gasteiger partial charge in [0.15, 0.2) is 0 Å². The van der Waals surface area contributed by atoms with Crippen LogP contribution in [0.25, 0.3) is 0 Å². The molecule has 1 aromatic rings. The average molecular weight is 309 g/mol. The van der Waals surface area contributed by atoms with E-state index in [9.17, 15) is 14.7 Å². The molecule has 0 spiro atoms. The minimum absolute atomic E-state index is 0.120. The number of ether oxygens (including phenoxy) is 1. The lowest BCUT2D eigenvalue weighted by Crippen LogP contribution is -2.41. The standard InChI is InChI=1S/C15H19NO4S/c1-20-15(19)13-9-11(17)10-16(13)14(18)7-8-21-12-5-3-2-4-6-12/h2-6,11,13,17H,7-10H2,1H3. The van der Waals surface area contributed by atoms with Gasteiger partial charge in [-0.15, -0.1) is 11.8 Å². The molecule has 21 heavy (non-hydrogen) atoms. The van der Waals surface area contributed by atoms with Gasteiger partial charge in [-0.05, 0) is 12.1 Å². The Morgan fingerprint density at radius 1 is 1.38 bits per heavy atom. The molecule has 1 aliphatic heterocycles. The molecular formula is C15H19NO4S. The van der Waals surface area contributed by atoms with Gasteiger partial charge in [0.1, 0.15) is 6.04 Å². The number of hydrogen-bond donors (Lipinski definition) is 1. The average Bonchev–Trinajstić information content (AvgIpc) is 2.89. The number of thioether (sulfide) groups is 1. The molecule has 0 aliphatic carbocycles. The Bertz CT molecular complexity index is 494. The van der Waals surface area contributed by atoms with Crippen molar-refractivity contribution in [2.75, 3.05) is 19.4 Å². The summed E-state index contributed by atoms with van der Waals surface area (Å²) in [7, 11) is 1.29. The molecular weight excluding hydrogens is 290 g/mol. The molecule has 1 saturated heterocycles. The van der Waals surface area contributed by atoms with Gasteiger partial charge in [0, 0.05) is 30.0 Å². The first-order valence-corrected chi connectivity index (χ1v) is 7.83. The van der Waals surface area contributed by atoms with Crippen molar-refractivity contribution in [3.05, 3.63) is 30.3 Å². The maximum atomic E-state index is 12.2. The van der Waals surface area contributed by atoms with Crippen LogP contribution in [0, 0.1) is 0 Å². The number of benzene rings is 1. The molecule has 1 aromatic carbocycles.